The molecular weight excluding hydrogens is 236 g/mol. The Bertz CT molecular complexity index is 375. The number of benzene rings is 1. The van der Waals surface area contributed by atoms with Gasteiger partial charge in [-0.2, -0.15) is 0 Å². The first kappa shape index (κ1) is 14.5. The van der Waals surface area contributed by atoms with Gasteiger partial charge in [0.1, 0.15) is 0 Å². The first-order chi connectivity index (χ1) is 9.29. The summed E-state index contributed by atoms with van der Waals surface area (Å²) in [6.07, 6.45) is 4.11. The van der Waals surface area contributed by atoms with Crippen molar-refractivity contribution in [2.75, 3.05) is 26.2 Å². The van der Waals surface area contributed by atoms with Gasteiger partial charge in [-0.1, -0.05) is 30.7 Å². The first-order valence-electron chi connectivity index (χ1n) is 7.45. The Morgan fingerprint density at radius 3 is 2.79 bits per heavy atom. The Balaban J connectivity index is 1.75. The number of nitrogens with zero attached hydrogens (tertiary/aromatic N) is 1. The average molecular weight is 262 g/mol. The molecule has 1 heterocycles. The van der Waals surface area contributed by atoms with Crippen molar-refractivity contribution in [1.82, 2.24) is 10.2 Å². The van der Waals surface area contributed by atoms with E-state index in [9.17, 15) is 0 Å². The van der Waals surface area contributed by atoms with E-state index in [1.165, 1.54) is 37.9 Å². The Kier molecular flexibility index (Phi) is 5.83. The SMILES string of the molecule is CC(NCCN1CCCCC1)c1cccc(CO)c1. The van der Waals surface area contributed by atoms with Gasteiger partial charge in [-0.3, -0.25) is 0 Å². The van der Waals surface area contributed by atoms with E-state index in [-0.39, 0.29) is 6.61 Å². The lowest BCUT2D eigenvalue weighted by atomic mass is 10.1. The van der Waals surface area contributed by atoms with Gasteiger partial charge in [-0.05, 0) is 44.0 Å². The van der Waals surface area contributed by atoms with Crippen molar-refractivity contribution in [1.29, 1.82) is 0 Å². The van der Waals surface area contributed by atoms with Crippen molar-refractivity contribution >= 4 is 0 Å². The van der Waals surface area contributed by atoms with Crippen molar-refractivity contribution in [2.24, 2.45) is 0 Å². The van der Waals surface area contributed by atoms with Gasteiger partial charge < -0.3 is 15.3 Å². The lowest BCUT2D eigenvalue weighted by molar-refractivity contribution is 0.227. The largest absolute Gasteiger partial charge is 0.392 e. The molecule has 0 spiro atoms. The van der Waals surface area contributed by atoms with Crippen LogP contribution >= 0.6 is 0 Å². The number of likely N-dealkylation sites (tertiary alicyclic amines) is 1. The fourth-order valence-corrected chi connectivity index (χ4v) is 2.70. The molecule has 1 aromatic rings. The van der Waals surface area contributed by atoms with Gasteiger partial charge in [-0.15, -0.1) is 0 Å². The van der Waals surface area contributed by atoms with E-state index in [1.54, 1.807) is 0 Å². The van der Waals surface area contributed by atoms with E-state index >= 15 is 0 Å². The second kappa shape index (κ2) is 7.63. The summed E-state index contributed by atoms with van der Waals surface area (Å²) in [5.74, 6) is 0. The zero-order chi connectivity index (χ0) is 13.5. The maximum atomic E-state index is 9.16. The summed E-state index contributed by atoms with van der Waals surface area (Å²) in [6, 6.07) is 8.53. The summed E-state index contributed by atoms with van der Waals surface area (Å²) in [6.45, 7) is 7.00. The van der Waals surface area contributed by atoms with E-state index in [0.717, 1.165) is 18.7 Å². The normalized spacial score (nSPS) is 18.4. The number of aliphatic hydroxyl groups excluding tert-OH is 1. The Morgan fingerprint density at radius 2 is 2.05 bits per heavy atom. The van der Waals surface area contributed by atoms with Gasteiger partial charge in [0.2, 0.25) is 0 Å². The third-order valence-corrected chi connectivity index (χ3v) is 3.96. The van der Waals surface area contributed by atoms with Gasteiger partial charge in [0.15, 0.2) is 0 Å². The van der Waals surface area contributed by atoms with Gasteiger partial charge >= 0.3 is 0 Å². The van der Waals surface area contributed by atoms with Crippen LogP contribution in [0, 0.1) is 0 Å². The molecule has 0 aliphatic carbocycles. The van der Waals surface area contributed by atoms with Gasteiger partial charge in [-0.25, -0.2) is 0 Å². The molecule has 0 saturated carbocycles. The summed E-state index contributed by atoms with van der Waals surface area (Å²) >= 11 is 0. The molecule has 106 valence electrons. The minimum absolute atomic E-state index is 0.119. The highest BCUT2D eigenvalue weighted by Crippen LogP contribution is 2.14. The van der Waals surface area contributed by atoms with Crippen LogP contribution in [0.3, 0.4) is 0 Å². The molecule has 0 radical (unpaired) electrons. The number of piperidine rings is 1. The summed E-state index contributed by atoms with van der Waals surface area (Å²) < 4.78 is 0. The Morgan fingerprint density at radius 1 is 1.26 bits per heavy atom. The van der Waals surface area contributed by atoms with Crippen LogP contribution in [-0.2, 0) is 6.61 Å². The smallest absolute Gasteiger partial charge is 0.0681 e. The maximum absolute atomic E-state index is 9.16. The average Bonchev–Trinajstić information content (AvgIpc) is 2.48. The fourth-order valence-electron chi connectivity index (χ4n) is 2.70. The zero-order valence-electron chi connectivity index (χ0n) is 11.9. The minimum Gasteiger partial charge on any atom is -0.392 e. The van der Waals surface area contributed by atoms with E-state index in [2.05, 4.69) is 29.3 Å². The number of nitrogens with one attached hydrogen (secondary N) is 1. The van der Waals surface area contributed by atoms with E-state index in [0.29, 0.717) is 6.04 Å². The van der Waals surface area contributed by atoms with Crippen LogP contribution in [0.4, 0.5) is 0 Å². The maximum Gasteiger partial charge on any atom is 0.0681 e. The molecule has 1 unspecified atom stereocenters. The van der Waals surface area contributed by atoms with E-state index < -0.39 is 0 Å². The number of hydrogen-bond donors (Lipinski definition) is 2. The summed E-state index contributed by atoms with van der Waals surface area (Å²) in [4.78, 5) is 2.55. The highest BCUT2D eigenvalue weighted by molar-refractivity contribution is 5.25. The Labute approximate surface area is 116 Å². The second-order valence-corrected chi connectivity index (χ2v) is 5.48. The van der Waals surface area contributed by atoms with Crippen molar-refractivity contribution in [3.63, 3.8) is 0 Å². The van der Waals surface area contributed by atoms with Gasteiger partial charge in [0, 0.05) is 19.1 Å². The van der Waals surface area contributed by atoms with Gasteiger partial charge in [0.25, 0.3) is 0 Å². The molecule has 19 heavy (non-hydrogen) atoms. The Hall–Kier alpha value is -0.900. The predicted octanol–water partition coefficient (Wildman–Crippen LogP) is 2.32. The molecule has 1 aliphatic heterocycles. The third-order valence-electron chi connectivity index (χ3n) is 3.96. The quantitative estimate of drug-likeness (QED) is 0.826. The van der Waals surface area contributed by atoms with Crippen LogP contribution in [0.15, 0.2) is 24.3 Å². The van der Waals surface area contributed by atoms with Crippen LogP contribution in [0.5, 0.6) is 0 Å². The van der Waals surface area contributed by atoms with Crippen LogP contribution < -0.4 is 5.32 Å². The van der Waals surface area contributed by atoms with E-state index in [4.69, 9.17) is 5.11 Å². The monoisotopic (exact) mass is 262 g/mol. The zero-order valence-corrected chi connectivity index (χ0v) is 11.9. The summed E-state index contributed by atoms with van der Waals surface area (Å²) in [5.41, 5.74) is 2.24. The molecule has 0 bridgehead atoms. The van der Waals surface area contributed by atoms with E-state index in [1.807, 2.05) is 12.1 Å². The van der Waals surface area contributed by atoms with Crippen molar-refractivity contribution in [2.45, 2.75) is 38.8 Å². The van der Waals surface area contributed by atoms with Crippen LogP contribution in [-0.4, -0.2) is 36.2 Å². The molecule has 1 atom stereocenters. The molecule has 2 N–H and O–H groups in total. The molecule has 1 saturated heterocycles. The lowest BCUT2D eigenvalue weighted by Crippen LogP contribution is -2.36. The van der Waals surface area contributed by atoms with Crippen molar-refractivity contribution < 1.29 is 5.11 Å². The minimum atomic E-state index is 0.119. The van der Waals surface area contributed by atoms with Crippen LogP contribution in [0.2, 0.25) is 0 Å². The van der Waals surface area contributed by atoms with Gasteiger partial charge in [0.05, 0.1) is 6.61 Å². The molecule has 2 rings (SSSR count). The molecule has 1 aromatic carbocycles. The number of rotatable bonds is 6. The molecule has 3 heteroatoms. The summed E-state index contributed by atoms with van der Waals surface area (Å²) in [7, 11) is 0. The van der Waals surface area contributed by atoms with Crippen molar-refractivity contribution in [3.8, 4) is 0 Å². The standard InChI is InChI=1S/C16H26N2O/c1-14(16-7-5-6-15(12-16)13-19)17-8-11-18-9-3-2-4-10-18/h5-7,12,14,17,19H,2-4,8-11,13H2,1H3. The van der Waals surface area contributed by atoms with Crippen LogP contribution in [0.1, 0.15) is 43.4 Å². The predicted molar refractivity (Wildman–Crippen MR) is 79.1 cm³/mol. The molecule has 1 fully saturated rings. The third kappa shape index (κ3) is 4.60. The first-order valence-corrected chi connectivity index (χ1v) is 7.45. The molecule has 1 aliphatic rings. The fraction of sp³-hybridized carbons (Fsp3) is 0.625. The topological polar surface area (TPSA) is 35.5 Å². The lowest BCUT2D eigenvalue weighted by Gasteiger charge is -2.27. The number of aliphatic hydroxyl groups is 1. The summed E-state index contributed by atoms with van der Waals surface area (Å²) in [5, 5.41) is 12.7. The second-order valence-electron chi connectivity index (χ2n) is 5.48. The molecule has 3 nitrogen and oxygen atoms in total. The molecule has 0 aromatic heterocycles. The highest BCUT2D eigenvalue weighted by atomic mass is 16.3. The van der Waals surface area contributed by atoms with Crippen LogP contribution in [0.25, 0.3) is 0 Å². The highest BCUT2D eigenvalue weighted by Gasteiger charge is 2.10. The number of hydrogen-bond acceptors (Lipinski definition) is 3. The van der Waals surface area contributed by atoms with Crippen molar-refractivity contribution in [3.05, 3.63) is 35.4 Å². The molecular formula is C16H26N2O. The molecule has 0 amide bonds.